The van der Waals surface area contributed by atoms with E-state index < -0.39 is 23.8 Å². The second-order valence-corrected chi connectivity index (χ2v) is 17.2. The number of carbonyl (C=O) groups excluding carboxylic acids is 1. The van der Waals surface area contributed by atoms with Crippen LogP contribution in [0.5, 0.6) is 11.5 Å². The molecular formula is C50H75N3O8. The Morgan fingerprint density at radius 1 is 0.967 bits per heavy atom. The lowest BCUT2D eigenvalue weighted by molar-refractivity contribution is -0.253. The SMILES string of the molecule is C=CCO[C@@]12Oc3ccc(OCc4cccc(C)n4)cc3[C@H]3[C@H](CCCCO)[C@@H](CCCCO)C=C(C(=NOCC)C[C@@H]1N(C)C(=O)OCCCCCCCCCCCC)[C@H]32. The van der Waals surface area contributed by atoms with Gasteiger partial charge in [0.1, 0.15) is 30.8 Å². The Hall–Kier alpha value is -3.93. The molecule has 61 heavy (non-hydrogen) atoms. The molecule has 1 aromatic carbocycles. The van der Waals surface area contributed by atoms with Crippen LogP contribution in [0.3, 0.4) is 0 Å². The number of ether oxygens (including phenoxy) is 4. The number of carbonyl (C=O) groups is 1. The van der Waals surface area contributed by atoms with Crippen LogP contribution in [0.2, 0.25) is 0 Å². The molecule has 1 aliphatic heterocycles. The van der Waals surface area contributed by atoms with Gasteiger partial charge in [-0.05, 0) is 93.7 Å². The fourth-order valence-electron chi connectivity index (χ4n) is 9.78. The third kappa shape index (κ3) is 12.8. The molecule has 1 saturated carbocycles. The van der Waals surface area contributed by atoms with Gasteiger partial charge in [0.15, 0.2) is 0 Å². The van der Waals surface area contributed by atoms with E-state index in [1.807, 2.05) is 44.2 Å². The molecule has 1 aromatic heterocycles. The number of hydrogen-bond donors (Lipinski definition) is 2. The minimum absolute atomic E-state index is 0.114. The predicted octanol–water partition coefficient (Wildman–Crippen LogP) is 10.6. The van der Waals surface area contributed by atoms with Crippen LogP contribution in [0.4, 0.5) is 4.79 Å². The van der Waals surface area contributed by atoms with E-state index >= 15 is 0 Å². The first-order valence-electron chi connectivity index (χ1n) is 23.5. The highest BCUT2D eigenvalue weighted by Gasteiger charge is 2.65. The number of rotatable bonds is 28. The molecule has 0 spiro atoms. The van der Waals surface area contributed by atoms with Gasteiger partial charge in [0.05, 0.1) is 30.5 Å². The Morgan fingerprint density at radius 3 is 2.38 bits per heavy atom. The number of aliphatic hydroxyl groups is 2. The Morgan fingerprint density at radius 2 is 1.69 bits per heavy atom. The highest BCUT2D eigenvalue weighted by atomic mass is 16.7. The fraction of sp³-hybridized carbons (Fsp3) is 0.660. The number of aromatic nitrogens is 1. The number of unbranched alkanes of at least 4 members (excludes halogenated alkanes) is 11. The molecule has 2 aliphatic carbocycles. The molecule has 5 rings (SSSR count). The van der Waals surface area contributed by atoms with Crippen LogP contribution in [-0.2, 0) is 20.9 Å². The number of benzene rings is 1. The molecule has 0 saturated heterocycles. The van der Waals surface area contributed by atoms with E-state index in [1.165, 1.54) is 44.9 Å². The average Bonchev–Trinajstić information content (AvgIpc) is 3.27. The zero-order valence-corrected chi connectivity index (χ0v) is 37.7. The van der Waals surface area contributed by atoms with Crippen LogP contribution in [0.15, 0.2) is 65.9 Å². The van der Waals surface area contributed by atoms with Gasteiger partial charge >= 0.3 is 6.09 Å². The van der Waals surface area contributed by atoms with E-state index in [-0.39, 0.29) is 37.6 Å². The van der Waals surface area contributed by atoms with E-state index in [0.717, 1.165) is 73.2 Å². The van der Waals surface area contributed by atoms with Crippen molar-refractivity contribution >= 4 is 11.8 Å². The van der Waals surface area contributed by atoms with Crippen molar-refractivity contribution in [3.05, 3.63) is 77.7 Å². The summed E-state index contributed by atoms with van der Waals surface area (Å²) >= 11 is 0. The van der Waals surface area contributed by atoms with Gasteiger partial charge in [0.2, 0.25) is 5.79 Å². The van der Waals surface area contributed by atoms with Gasteiger partial charge in [0, 0.05) is 43.9 Å². The first-order valence-corrected chi connectivity index (χ1v) is 23.5. The molecule has 11 nitrogen and oxygen atoms in total. The molecule has 2 aromatic rings. The fourth-order valence-corrected chi connectivity index (χ4v) is 9.78. The van der Waals surface area contributed by atoms with Crippen LogP contribution in [0.1, 0.15) is 146 Å². The summed E-state index contributed by atoms with van der Waals surface area (Å²) in [6.45, 7) is 11.7. The summed E-state index contributed by atoms with van der Waals surface area (Å²) < 4.78 is 26.6. The largest absolute Gasteiger partial charge is 0.487 e. The molecule has 2 heterocycles. The second-order valence-electron chi connectivity index (χ2n) is 17.2. The number of allylic oxidation sites excluding steroid dienone is 1. The first kappa shape index (κ1) is 48.1. The van der Waals surface area contributed by atoms with E-state index in [1.54, 1.807) is 18.0 Å². The predicted molar refractivity (Wildman–Crippen MR) is 241 cm³/mol. The smallest absolute Gasteiger partial charge is 0.409 e. The summed E-state index contributed by atoms with van der Waals surface area (Å²) in [6, 6.07) is 11.3. The lowest BCUT2D eigenvalue weighted by Crippen LogP contribution is -2.69. The summed E-state index contributed by atoms with van der Waals surface area (Å²) in [5, 5.41) is 24.5. The number of hydrogen-bond acceptors (Lipinski definition) is 10. The molecule has 6 atom stereocenters. The second kappa shape index (κ2) is 25.2. The van der Waals surface area contributed by atoms with Crippen LogP contribution in [-0.4, -0.2) is 83.8 Å². The lowest BCUT2D eigenvalue weighted by atomic mass is 9.55. The standard InChI is InChI=1S/C50H75N3O8/c1-6-9-10-11-12-13-14-15-16-21-32-57-49(56)53(5)46-35-44(52-60-8-3)42-33-38(24-17-19-29-54)41(26-18-20-30-55)47-43-34-40(58-36-39-25-22-23-37(4)51-39)27-28-45(43)61-50(46,48(42)47)59-31-7-2/h7,22-23,25,27-28,33-34,38,41,46-48,54-55H,2,6,8-21,24,26,29-32,35-36H2,1,3-5H3/t38-,41+,46-,47+,48+,50+/m0/s1. The van der Waals surface area contributed by atoms with Crippen molar-refractivity contribution in [3.8, 4) is 11.5 Å². The summed E-state index contributed by atoms with van der Waals surface area (Å²) in [7, 11) is 1.78. The van der Waals surface area contributed by atoms with Crippen LogP contribution < -0.4 is 9.47 Å². The molecule has 338 valence electrons. The van der Waals surface area contributed by atoms with Crippen molar-refractivity contribution in [3.63, 3.8) is 0 Å². The van der Waals surface area contributed by atoms with E-state index in [2.05, 4.69) is 30.6 Å². The van der Waals surface area contributed by atoms with Gasteiger partial charge in [-0.1, -0.05) is 101 Å². The maximum atomic E-state index is 14.1. The molecule has 0 radical (unpaired) electrons. The summed E-state index contributed by atoms with van der Waals surface area (Å²) in [5.41, 5.74) is 4.54. The van der Waals surface area contributed by atoms with Gasteiger partial charge in [-0.25, -0.2) is 4.79 Å². The first-order chi connectivity index (χ1) is 29.8. The maximum absolute atomic E-state index is 14.1. The van der Waals surface area contributed by atoms with Crippen LogP contribution >= 0.6 is 0 Å². The number of nitrogens with zero attached hydrogens (tertiary/aromatic N) is 3. The molecule has 11 heteroatoms. The van der Waals surface area contributed by atoms with Crippen molar-refractivity contribution in [2.45, 2.75) is 154 Å². The van der Waals surface area contributed by atoms with Crippen LogP contribution in [0, 0.1) is 24.7 Å². The number of amides is 1. The van der Waals surface area contributed by atoms with Crippen LogP contribution in [0.25, 0.3) is 0 Å². The zero-order valence-electron chi connectivity index (χ0n) is 37.7. The van der Waals surface area contributed by atoms with Gasteiger partial charge in [0.25, 0.3) is 0 Å². The van der Waals surface area contributed by atoms with Crippen molar-refractivity contribution in [1.29, 1.82) is 0 Å². The van der Waals surface area contributed by atoms with Crippen molar-refractivity contribution in [1.82, 2.24) is 9.88 Å². The molecule has 0 bridgehead atoms. The molecule has 0 unspecified atom stereocenters. The summed E-state index contributed by atoms with van der Waals surface area (Å²) in [4.78, 5) is 26.3. The quantitative estimate of drug-likeness (QED) is 0.0488. The number of aryl methyl sites for hydroxylation is 1. The summed E-state index contributed by atoms with van der Waals surface area (Å²) in [5.74, 6) is -0.227. The van der Waals surface area contributed by atoms with Crippen molar-refractivity contribution in [2.24, 2.45) is 22.9 Å². The number of aliphatic hydroxyl groups excluding tert-OH is 2. The Kier molecular flexibility index (Phi) is 19.9. The minimum Gasteiger partial charge on any atom is -0.487 e. The summed E-state index contributed by atoms with van der Waals surface area (Å²) in [6.07, 6.45) is 20.8. The lowest BCUT2D eigenvalue weighted by Gasteiger charge is -2.59. The Balaban J connectivity index is 1.51. The third-order valence-electron chi connectivity index (χ3n) is 12.8. The molecule has 1 amide bonds. The highest BCUT2D eigenvalue weighted by molar-refractivity contribution is 6.02. The molecule has 1 fully saturated rings. The number of likely N-dealkylation sites (N-methyl/N-ethyl adjacent to an activating group) is 1. The van der Waals surface area contributed by atoms with E-state index in [4.69, 9.17) is 28.9 Å². The third-order valence-corrected chi connectivity index (χ3v) is 12.8. The highest BCUT2D eigenvalue weighted by Crippen LogP contribution is 2.61. The normalized spacial score (nSPS) is 23.3. The number of oxime groups is 1. The van der Waals surface area contributed by atoms with E-state index in [9.17, 15) is 15.0 Å². The van der Waals surface area contributed by atoms with Crippen molar-refractivity contribution in [2.75, 3.05) is 40.1 Å². The zero-order chi connectivity index (χ0) is 43.5. The molecule has 2 N–H and O–H groups in total. The topological polar surface area (TPSA) is 132 Å². The molecular weight excluding hydrogens is 771 g/mol. The van der Waals surface area contributed by atoms with Gasteiger partial charge in [-0.3, -0.25) is 4.98 Å². The number of fused-ring (bicyclic) bond motifs is 2. The number of pyridine rings is 1. The maximum Gasteiger partial charge on any atom is 0.409 e. The van der Waals surface area contributed by atoms with Gasteiger partial charge in [-0.2, -0.15) is 0 Å². The van der Waals surface area contributed by atoms with Gasteiger partial charge < -0.3 is 38.9 Å². The monoisotopic (exact) mass is 846 g/mol. The van der Waals surface area contributed by atoms with Gasteiger partial charge in [-0.15, -0.1) is 6.58 Å². The Labute approximate surface area is 365 Å². The van der Waals surface area contributed by atoms with Crippen molar-refractivity contribution < 1.29 is 38.8 Å². The average molecular weight is 846 g/mol. The minimum atomic E-state index is -1.33. The van der Waals surface area contributed by atoms with E-state index in [0.29, 0.717) is 50.6 Å². The molecule has 3 aliphatic rings. The Bertz CT molecular complexity index is 1720.